The number of ether oxygens (including phenoxy) is 1. The van der Waals surface area contributed by atoms with Crippen LogP contribution in [0.1, 0.15) is 37.8 Å². The minimum Gasteiger partial charge on any atom is -0.497 e. The van der Waals surface area contributed by atoms with Crippen LogP contribution in [0.2, 0.25) is 0 Å². The Hall–Kier alpha value is -1.51. The first kappa shape index (κ1) is 11.0. The van der Waals surface area contributed by atoms with Crippen LogP contribution < -0.4 is 4.74 Å². The number of rotatable bonds is 1. The lowest BCUT2D eigenvalue weighted by Gasteiger charge is -2.32. The van der Waals surface area contributed by atoms with Crippen LogP contribution in [0, 0.1) is 0 Å². The second kappa shape index (κ2) is 3.81. The van der Waals surface area contributed by atoms with Gasteiger partial charge in [0.05, 0.1) is 12.8 Å². The molecule has 16 heavy (non-hydrogen) atoms. The van der Waals surface area contributed by atoms with E-state index in [-0.39, 0.29) is 5.41 Å². The highest BCUT2D eigenvalue weighted by Gasteiger charge is 2.30. The fraction of sp³-hybridized carbons (Fsp3) is 0.462. The lowest BCUT2D eigenvalue weighted by molar-refractivity contribution is 0.315. The van der Waals surface area contributed by atoms with Gasteiger partial charge in [0.15, 0.2) is 0 Å². The first-order chi connectivity index (χ1) is 7.58. The maximum Gasteiger partial charge on any atom is 0.119 e. The van der Waals surface area contributed by atoms with Gasteiger partial charge < -0.3 is 9.94 Å². The smallest absolute Gasteiger partial charge is 0.119 e. The molecule has 0 unspecified atom stereocenters. The number of oxime groups is 1. The van der Waals surface area contributed by atoms with E-state index >= 15 is 0 Å². The van der Waals surface area contributed by atoms with Crippen molar-refractivity contribution >= 4 is 5.71 Å². The van der Waals surface area contributed by atoms with E-state index in [1.165, 1.54) is 5.56 Å². The van der Waals surface area contributed by atoms with Gasteiger partial charge in [0.1, 0.15) is 5.75 Å². The average Bonchev–Trinajstić information content (AvgIpc) is 2.28. The molecule has 0 aromatic heterocycles. The average molecular weight is 219 g/mol. The molecule has 1 aromatic carbocycles. The van der Waals surface area contributed by atoms with E-state index < -0.39 is 0 Å². The summed E-state index contributed by atoms with van der Waals surface area (Å²) in [4.78, 5) is 0. The fourth-order valence-corrected chi connectivity index (χ4v) is 2.28. The molecule has 1 N–H and O–H groups in total. The second-order valence-corrected chi connectivity index (χ2v) is 4.84. The molecule has 0 amide bonds. The van der Waals surface area contributed by atoms with Gasteiger partial charge in [-0.25, -0.2) is 0 Å². The zero-order valence-corrected chi connectivity index (χ0v) is 9.95. The molecule has 2 rings (SSSR count). The number of methoxy groups -OCH3 is 1. The van der Waals surface area contributed by atoms with Crippen molar-refractivity contribution in [1.82, 2.24) is 0 Å². The van der Waals surface area contributed by atoms with Gasteiger partial charge in [-0.2, -0.15) is 0 Å². The molecule has 0 bridgehead atoms. The highest BCUT2D eigenvalue weighted by molar-refractivity contribution is 6.03. The van der Waals surface area contributed by atoms with Gasteiger partial charge in [-0.05, 0) is 36.0 Å². The number of hydrogen-bond acceptors (Lipinski definition) is 3. The van der Waals surface area contributed by atoms with E-state index in [0.717, 1.165) is 29.9 Å². The lowest BCUT2D eigenvalue weighted by atomic mass is 9.72. The summed E-state index contributed by atoms with van der Waals surface area (Å²) in [6.45, 7) is 4.43. The third-order valence-electron chi connectivity index (χ3n) is 3.37. The third kappa shape index (κ3) is 1.66. The van der Waals surface area contributed by atoms with Crippen molar-refractivity contribution in [3.05, 3.63) is 29.3 Å². The molecule has 1 aliphatic rings. The molecule has 0 saturated heterocycles. The summed E-state index contributed by atoms with van der Waals surface area (Å²) in [6, 6.07) is 5.98. The van der Waals surface area contributed by atoms with E-state index in [1.807, 2.05) is 12.1 Å². The molecule has 0 fully saturated rings. The minimum atomic E-state index is 0.135. The van der Waals surface area contributed by atoms with Crippen molar-refractivity contribution < 1.29 is 9.94 Å². The Morgan fingerprint density at radius 2 is 2.12 bits per heavy atom. The first-order valence-corrected chi connectivity index (χ1v) is 5.48. The summed E-state index contributed by atoms with van der Waals surface area (Å²) in [7, 11) is 1.64. The van der Waals surface area contributed by atoms with Gasteiger partial charge in [-0.15, -0.1) is 0 Å². The normalized spacial score (nSPS) is 20.6. The number of hydrogen-bond donors (Lipinski definition) is 1. The Balaban J connectivity index is 2.60. The van der Waals surface area contributed by atoms with Crippen LogP contribution in [0.5, 0.6) is 5.75 Å². The van der Waals surface area contributed by atoms with Gasteiger partial charge in [0, 0.05) is 5.56 Å². The molecule has 1 aromatic rings. The quantitative estimate of drug-likeness (QED) is 0.583. The molecule has 0 heterocycles. The van der Waals surface area contributed by atoms with E-state index in [4.69, 9.17) is 9.94 Å². The number of benzene rings is 1. The van der Waals surface area contributed by atoms with Crippen molar-refractivity contribution in [2.45, 2.75) is 32.1 Å². The van der Waals surface area contributed by atoms with Crippen molar-refractivity contribution in [2.75, 3.05) is 7.11 Å². The number of fused-ring (bicyclic) bond motifs is 1. The third-order valence-corrected chi connectivity index (χ3v) is 3.37. The van der Waals surface area contributed by atoms with E-state index in [1.54, 1.807) is 7.11 Å². The van der Waals surface area contributed by atoms with Crippen LogP contribution in [0.15, 0.2) is 23.4 Å². The topological polar surface area (TPSA) is 41.8 Å². The molecule has 3 nitrogen and oxygen atoms in total. The summed E-state index contributed by atoms with van der Waals surface area (Å²) in [5.41, 5.74) is 3.13. The SMILES string of the molecule is COc1ccc2c(c1)C(=NO)CCC2(C)C. The van der Waals surface area contributed by atoms with Gasteiger partial charge >= 0.3 is 0 Å². The van der Waals surface area contributed by atoms with Crippen LogP contribution in [0.25, 0.3) is 0 Å². The van der Waals surface area contributed by atoms with Crippen LogP contribution >= 0.6 is 0 Å². The van der Waals surface area contributed by atoms with Crippen molar-refractivity contribution in [2.24, 2.45) is 5.16 Å². The van der Waals surface area contributed by atoms with Gasteiger partial charge in [0.25, 0.3) is 0 Å². The second-order valence-electron chi connectivity index (χ2n) is 4.84. The standard InChI is InChI=1S/C13H17NO2/c1-13(2)7-6-12(14-15)10-8-9(16-3)4-5-11(10)13/h4-5,8,15H,6-7H2,1-3H3. The molecule has 0 aliphatic heterocycles. The van der Waals surface area contributed by atoms with Crippen molar-refractivity contribution in [3.63, 3.8) is 0 Å². The van der Waals surface area contributed by atoms with Gasteiger partial charge in [0.2, 0.25) is 0 Å². The Labute approximate surface area is 95.7 Å². The summed E-state index contributed by atoms with van der Waals surface area (Å²) in [5, 5.41) is 12.4. The molecular formula is C13H17NO2. The van der Waals surface area contributed by atoms with Crippen LogP contribution in [-0.4, -0.2) is 18.0 Å². The predicted molar refractivity (Wildman–Crippen MR) is 63.6 cm³/mol. The van der Waals surface area contributed by atoms with Crippen molar-refractivity contribution in [1.29, 1.82) is 0 Å². The first-order valence-electron chi connectivity index (χ1n) is 5.48. The lowest BCUT2D eigenvalue weighted by Crippen LogP contribution is -2.27. The fourth-order valence-electron chi connectivity index (χ4n) is 2.28. The van der Waals surface area contributed by atoms with E-state index in [9.17, 15) is 0 Å². The van der Waals surface area contributed by atoms with Gasteiger partial charge in [-0.1, -0.05) is 25.1 Å². The van der Waals surface area contributed by atoms with Crippen molar-refractivity contribution in [3.8, 4) is 5.75 Å². The van der Waals surface area contributed by atoms with Crippen LogP contribution in [0.4, 0.5) is 0 Å². The number of nitrogens with zero attached hydrogens (tertiary/aromatic N) is 1. The molecular weight excluding hydrogens is 202 g/mol. The molecule has 0 radical (unpaired) electrons. The largest absolute Gasteiger partial charge is 0.497 e. The zero-order valence-electron chi connectivity index (χ0n) is 9.95. The highest BCUT2D eigenvalue weighted by atomic mass is 16.5. The molecule has 0 saturated carbocycles. The monoisotopic (exact) mass is 219 g/mol. The zero-order chi connectivity index (χ0) is 11.8. The van der Waals surface area contributed by atoms with Crippen LogP contribution in [-0.2, 0) is 5.41 Å². The summed E-state index contributed by atoms with van der Waals surface area (Å²) in [6.07, 6.45) is 1.81. The molecule has 86 valence electrons. The van der Waals surface area contributed by atoms with E-state index in [2.05, 4.69) is 25.1 Å². The molecule has 3 heteroatoms. The van der Waals surface area contributed by atoms with Crippen LogP contribution in [0.3, 0.4) is 0 Å². The summed E-state index contributed by atoms with van der Waals surface area (Å²) >= 11 is 0. The molecule has 1 aliphatic carbocycles. The van der Waals surface area contributed by atoms with Gasteiger partial charge in [-0.3, -0.25) is 0 Å². The maximum absolute atomic E-state index is 9.02. The summed E-state index contributed by atoms with van der Waals surface area (Å²) in [5.74, 6) is 0.803. The predicted octanol–water partition coefficient (Wildman–Crippen LogP) is 2.94. The van der Waals surface area contributed by atoms with E-state index in [0.29, 0.717) is 0 Å². The highest BCUT2D eigenvalue weighted by Crippen LogP contribution is 2.38. The summed E-state index contributed by atoms with van der Waals surface area (Å²) < 4.78 is 5.20. The Kier molecular flexibility index (Phi) is 2.62. The molecule has 0 atom stereocenters. The minimum absolute atomic E-state index is 0.135. The Morgan fingerprint density at radius 1 is 1.38 bits per heavy atom. The Bertz CT molecular complexity index is 436. The molecule has 0 spiro atoms. The Morgan fingerprint density at radius 3 is 2.75 bits per heavy atom. The maximum atomic E-state index is 9.02.